The molecule has 0 aliphatic heterocycles. The fraction of sp³-hybridized carbons (Fsp3) is 0.235. The molecular weight excluding hydrogens is 268 g/mol. The summed E-state index contributed by atoms with van der Waals surface area (Å²) in [5.41, 5.74) is 2.47. The van der Waals surface area contributed by atoms with Crippen molar-refractivity contribution in [3.05, 3.63) is 71.8 Å². The van der Waals surface area contributed by atoms with Crippen molar-refractivity contribution >= 4 is 0 Å². The Morgan fingerprint density at radius 2 is 1.55 bits per heavy atom. The summed E-state index contributed by atoms with van der Waals surface area (Å²) in [4.78, 5) is 0. The van der Waals surface area contributed by atoms with Crippen molar-refractivity contribution < 1.29 is 17.7 Å². The maximum atomic E-state index is 9.35. The van der Waals surface area contributed by atoms with E-state index in [4.69, 9.17) is 0 Å². The second-order valence-electron chi connectivity index (χ2n) is 4.78. The molecule has 2 aromatic carbocycles. The minimum absolute atomic E-state index is 0. The van der Waals surface area contributed by atoms with E-state index in [0.717, 1.165) is 6.54 Å². The van der Waals surface area contributed by atoms with Gasteiger partial charge in [0, 0.05) is 11.5 Å². The third-order valence-corrected chi connectivity index (χ3v) is 3.46. The van der Waals surface area contributed by atoms with E-state index in [-0.39, 0.29) is 24.4 Å². The molecule has 104 valence electrons. The van der Waals surface area contributed by atoms with Gasteiger partial charge in [0.05, 0.1) is 0 Å². The minimum atomic E-state index is -0.0531. The minimum Gasteiger partial charge on any atom is -1.00 e. The molecule has 3 heteroatoms. The van der Waals surface area contributed by atoms with E-state index in [1.54, 1.807) is 0 Å². The second kappa shape index (κ2) is 8.37. The first-order valence-corrected chi connectivity index (χ1v) is 6.63. The summed E-state index contributed by atoms with van der Waals surface area (Å²) in [6.45, 7) is 2.96. The number of halogens is 1. The molecule has 0 heterocycles. The molecule has 0 aliphatic rings. The van der Waals surface area contributed by atoms with Gasteiger partial charge in [-0.3, -0.25) is 0 Å². The van der Waals surface area contributed by atoms with E-state index < -0.39 is 0 Å². The maximum absolute atomic E-state index is 9.35. The first-order valence-electron chi connectivity index (χ1n) is 6.63. The zero-order valence-electron chi connectivity index (χ0n) is 11.5. The molecule has 20 heavy (non-hydrogen) atoms. The largest absolute Gasteiger partial charge is 1.00 e. The maximum Gasteiger partial charge on any atom is 0.180 e. The number of rotatable bonds is 5. The number of hydrogen-bond donors (Lipinski definition) is 1. The molecule has 0 unspecified atom stereocenters. The molecule has 0 bridgehead atoms. The van der Waals surface area contributed by atoms with Crippen LogP contribution in [0.15, 0.2) is 60.7 Å². The lowest BCUT2D eigenvalue weighted by Crippen LogP contribution is -3.00. The van der Waals surface area contributed by atoms with Crippen LogP contribution in [0.25, 0.3) is 0 Å². The average Bonchev–Trinajstić information content (AvgIpc) is 2.49. The van der Waals surface area contributed by atoms with Crippen LogP contribution in [0.2, 0.25) is 0 Å². The number of benzene rings is 2. The van der Waals surface area contributed by atoms with Crippen LogP contribution >= 0.6 is 0 Å². The topological polar surface area (TPSA) is 40.4 Å². The van der Waals surface area contributed by atoms with E-state index in [1.807, 2.05) is 36.4 Å². The van der Waals surface area contributed by atoms with Gasteiger partial charge in [-0.2, -0.15) is 5.26 Å². The quantitative estimate of drug-likeness (QED) is 0.787. The van der Waals surface area contributed by atoms with Gasteiger partial charge >= 0.3 is 0 Å². The molecule has 2 N–H and O–H groups in total. The fourth-order valence-corrected chi connectivity index (χ4v) is 2.21. The highest BCUT2D eigenvalue weighted by atomic mass is 35.5. The van der Waals surface area contributed by atoms with Crippen LogP contribution in [0, 0.1) is 11.3 Å². The molecule has 0 saturated heterocycles. The van der Waals surface area contributed by atoms with Crippen LogP contribution in [0.4, 0.5) is 0 Å². The smallest absolute Gasteiger partial charge is 0.180 e. The molecule has 0 fully saturated rings. The molecule has 0 spiro atoms. The molecule has 2 rings (SSSR count). The van der Waals surface area contributed by atoms with Gasteiger partial charge in [-0.25, -0.2) is 0 Å². The van der Waals surface area contributed by atoms with Gasteiger partial charge in [0.1, 0.15) is 12.6 Å². The third kappa shape index (κ3) is 4.38. The van der Waals surface area contributed by atoms with E-state index in [1.165, 1.54) is 11.1 Å². The van der Waals surface area contributed by atoms with E-state index in [2.05, 4.69) is 42.6 Å². The Kier molecular flexibility index (Phi) is 6.79. The van der Waals surface area contributed by atoms with E-state index in [9.17, 15) is 5.26 Å². The molecule has 0 saturated carbocycles. The SMILES string of the molecule is C[C@H](c1ccccc1)[C@H](C#N)[NH2+]Cc1ccccc1.[Cl-]. The summed E-state index contributed by atoms with van der Waals surface area (Å²) in [5, 5.41) is 11.5. The summed E-state index contributed by atoms with van der Waals surface area (Å²) in [6, 6.07) is 22.9. The molecule has 0 aliphatic carbocycles. The number of nitrogens with zero attached hydrogens (tertiary/aromatic N) is 1. The van der Waals surface area contributed by atoms with Crippen LogP contribution in [0.3, 0.4) is 0 Å². The van der Waals surface area contributed by atoms with Crippen LogP contribution in [0.5, 0.6) is 0 Å². The zero-order valence-corrected chi connectivity index (χ0v) is 12.3. The van der Waals surface area contributed by atoms with Crippen LogP contribution in [-0.2, 0) is 6.54 Å². The Bertz CT molecular complexity index is 534. The normalized spacial score (nSPS) is 12.8. The molecule has 2 atom stereocenters. The summed E-state index contributed by atoms with van der Waals surface area (Å²) >= 11 is 0. The van der Waals surface area contributed by atoms with Gasteiger partial charge in [-0.15, -0.1) is 0 Å². The van der Waals surface area contributed by atoms with Crippen molar-refractivity contribution in [2.45, 2.75) is 25.4 Å². The lowest BCUT2D eigenvalue weighted by atomic mass is 9.94. The molecule has 0 radical (unpaired) electrons. The van der Waals surface area contributed by atoms with Gasteiger partial charge in [0.25, 0.3) is 0 Å². The van der Waals surface area contributed by atoms with Crippen LogP contribution in [-0.4, -0.2) is 6.04 Å². The van der Waals surface area contributed by atoms with Crippen molar-refractivity contribution in [1.82, 2.24) is 0 Å². The Morgan fingerprint density at radius 1 is 1.00 bits per heavy atom. The Hall–Kier alpha value is -1.82. The molecule has 2 aromatic rings. The predicted octanol–water partition coefficient (Wildman–Crippen LogP) is -0.550. The van der Waals surface area contributed by atoms with Crippen molar-refractivity contribution in [3.8, 4) is 6.07 Å². The summed E-state index contributed by atoms with van der Waals surface area (Å²) in [7, 11) is 0. The molecule has 0 amide bonds. The van der Waals surface area contributed by atoms with E-state index in [0.29, 0.717) is 0 Å². The van der Waals surface area contributed by atoms with Crippen molar-refractivity contribution in [2.75, 3.05) is 0 Å². The number of nitriles is 1. The summed E-state index contributed by atoms with van der Waals surface area (Å²) in [5.74, 6) is 0.231. The lowest BCUT2D eigenvalue weighted by molar-refractivity contribution is -0.695. The van der Waals surface area contributed by atoms with Gasteiger partial charge in [-0.1, -0.05) is 67.6 Å². The molecular formula is C17H19ClN2. The third-order valence-electron chi connectivity index (χ3n) is 3.46. The highest BCUT2D eigenvalue weighted by molar-refractivity contribution is 5.21. The summed E-state index contributed by atoms with van der Waals surface area (Å²) in [6.07, 6.45) is 0. The highest BCUT2D eigenvalue weighted by Gasteiger charge is 2.21. The summed E-state index contributed by atoms with van der Waals surface area (Å²) < 4.78 is 0. The molecule has 2 nitrogen and oxygen atoms in total. The number of quaternary nitrogens is 1. The first-order chi connectivity index (χ1) is 9.31. The van der Waals surface area contributed by atoms with Gasteiger partial charge in [0.15, 0.2) is 6.04 Å². The highest BCUT2D eigenvalue weighted by Crippen LogP contribution is 2.16. The van der Waals surface area contributed by atoms with Gasteiger partial charge in [-0.05, 0) is 5.56 Å². The van der Waals surface area contributed by atoms with Crippen LogP contribution < -0.4 is 17.7 Å². The lowest BCUT2D eigenvalue weighted by Gasteiger charge is -2.16. The standard InChI is InChI=1S/C17H18N2.ClH/c1-14(16-10-6-3-7-11-16)17(12-18)19-13-15-8-4-2-5-9-15;/h2-11,14,17,19H,13H2,1H3;1H/t14-,17+;/m1./s1. The monoisotopic (exact) mass is 286 g/mol. The Labute approximate surface area is 126 Å². The first kappa shape index (κ1) is 16.2. The second-order valence-corrected chi connectivity index (χ2v) is 4.78. The predicted molar refractivity (Wildman–Crippen MR) is 76.3 cm³/mol. The average molecular weight is 287 g/mol. The van der Waals surface area contributed by atoms with Crippen molar-refractivity contribution in [1.29, 1.82) is 5.26 Å². The fourth-order valence-electron chi connectivity index (χ4n) is 2.21. The van der Waals surface area contributed by atoms with Crippen molar-refractivity contribution in [3.63, 3.8) is 0 Å². The zero-order chi connectivity index (χ0) is 13.5. The molecule has 0 aromatic heterocycles. The Balaban J connectivity index is 0.00000200. The Morgan fingerprint density at radius 3 is 2.10 bits per heavy atom. The number of nitrogens with two attached hydrogens (primary N) is 1. The van der Waals surface area contributed by atoms with Crippen molar-refractivity contribution in [2.24, 2.45) is 0 Å². The van der Waals surface area contributed by atoms with Gasteiger partial charge in [0.2, 0.25) is 0 Å². The van der Waals surface area contributed by atoms with Crippen LogP contribution in [0.1, 0.15) is 24.0 Å². The van der Waals surface area contributed by atoms with E-state index >= 15 is 0 Å². The van der Waals surface area contributed by atoms with Gasteiger partial charge < -0.3 is 17.7 Å². The number of hydrogen-bond acceptors (Lipinski definition) is 1.